The van der Waals surface area contributed by atoms with Gasteiger partial charge < -0.3 is 14.4 Å². The second-order valence-corrected chi connectivity index (χ2v) is 10.4. The minimum absolute atomic E-state index is 0.0767. The Balaban J connectivity index is 2.04. The van der Waals surface area contributed by atoms with Crippen molar-refractivity contribution in [1.29, 1.82) is 0 Å². The third-order valence-corrected chi connectivity index (χ3v) is 5.61. The summed E-state index contributed by atoms with van der Waals surface area (Å²) in [5, 5.41) is 2.41. The molecule has 26 heavy (non-hydrogen) atoms. The van der Waals surface area contributed by atoms with E-state index < -0.39 is 15.4 Å². The zero-order chi connectivity index (χ0) is 19.5. The summed E-state index contributed by atoms with van der Waals surface area (Å²) in [6.07, 6.45) is 2.33. The molecule has 1 fully saturated rings. The average Bonchev–Trinajstić information content (AvgIpc) is 3.30. The van der Waals surface area contributed by atoms with Crippen molar-refractivity contribution in [2.45, 2.75) is 64.8 Å². The molecule has 0 unspecified atom stereocenters. The molecule has 1 aromatic carbocycles. The SMILES string of the molecule is CC(C)S(=O)(=O)Oc1ccc(CN(CC2CC2)C(=O)NC(C)(C)C)cc1. The Morgan fingerprint density at radius 2 is 1.81 bits per heavy atom. The number of carbonyl (C=O) groups excluding carboxylic acids is 1. The van der Waals surface area contributed by atoms with Crippen molar-refractivity contribution in [2.24, 2.45) is 5.92 Å². The predicted octanol–water partition coefficient (Wildman–Crippen LogP) is 3.52. The number of carbonyl (C=O) groups is 1. The van der Waals surface area contributed by atoms with Crippen molar-refractivity contribution >= 4 is 16.1 Å². The molecule has 0 spiro atoms. The molecule has 2 amide bonds. The second-order valence-electron chi connectivity index (χ2n) is 8.27. The van der Waals surface area contributed by atoms with Crippen molar-refractivity contribution in [1.82, 2.24) is 10.2 Å². The summed E-state index contributed by atoms with van der Waals surface area (Å²) in [6.45, 7) is 10.3. The number of hydrogen-bond donors (Lipinski definition) is 1. The summed E-state index contributed by atoms with van der Waals surface area (Å²) in [5.74, 6) is 0.870. The quantitative estimate of drug-likeness (QED) is 0.732. The molecule has 1 aliphatic carbocycles. The zero-order valence-corrected chi connectivity index (χ0v) is 17.1. The second kappa shape index (κ2) is 7.86. The molecular formula is C19H30N2O4S. The van der Waals surface area contributed by atoms with Gasteiger partial charge in [0.25, 0.3) is 0 Å². The predicted molar refractivity (Wildman–Crippen MR) is 103 cm³/mol. The molecule has 0 atom stereocenters. The molecule has 1 aliphatic rings. The van der Waals surface area contributed by atoms with Crippen LogP contribution in [0.4, 0.5) is 4.79 Å². The van der Waals surface area contributed by atoms with E-state index in [1.165, 1.54) is 12.8 Å². The van der Waals surface area contributed by atoms with E-state index in [1.54, 1.807) is 38.1 Å². The van der Waals surface area contributed by atoms with Gasteiger partial charge in [0.1, 0.15) is 5.75 Å². The van der Waals surface area contributed by atoms with Crippen LogP contribution in [0.1, 0.15) is 53.0 Å². The molecule has 1 N–H and O–H groups in total. The Morgan fingerprint density at radius 3 is 2.27 bits per heavy atom. The van der Waals surface area contributed by atoms with Crippen LogP contribution >= 0.6 is 0 Å². The molecule has 146 valence electrons. The largest absolute Gasteiger partial charge is 0.382 e. The number of amides is 2. The van der Waals surface area contributed by atoms with E-state index in [-0.39, 0.29) is 17.3 Å². The third kappa shape index (κ3) is 6.52. The van der Waals surface area contributed by atoms with Gasteiger partial charge >= 0.3 is 16.1 Å². The number of urea groups is 1. The van der Waals surface area contributed by atoms with Gasteiger partial charge in [0.2, 0.25) is 0 Å². The highest BCUT2D eigenvalue weighted by Crippen LogP contribution is 2.30. The van der Waals surface area contributed by atoms with Gasteiger partial charge in [-0.3, -0.25) is 0 Å². The van der Waals surface area contributed by atoms with Crippen LogP contribution in [0.3, 0.4) is 0 Å². The molecule has 0 saturated heterocycles. The van der Waals surface area contributed by atoms with Crippen LogP contribution < -0.4 is 9.50 Å². The van der Waals surface area contributed by atoms with Gasteiger partial charge in [-0.1, -0.05) is 12.1 Å². The first-order valence-electron chi connectivity index (χ1n) is 9.05. The Labute approximate surface area is 157 Å². The number of benzene rings is 1. The Bertz CT molecular complexity index is 717. The van der Waals surface area contributed by atoms with Crippen LogP contribution in [-0.2, 0) is 16.7 Å². The summed E-state index contributed by atoms with van der Waals surface area (Å²) in [4.78, 5) is 14.4. The Kier molecular flexibility index (Phi) is 6.21. The molecule has 7 heteroatoms. The minimum Gasteiger partial charge on any atom is -0.382 e. The number of rotatable bonds is 7. The van der Waals surface area contributed by atoms with Crippen LogP contribution in [0.5, 0.6) is 5.75 Å². The van der Waals surface area contributed by atoms with Gasteiger partial charge in [0.05, 0.1) is 5.25 Å². The fraction of sp³-hybridized carbons (Fsp3) is 0.632. The number of hydrogen-bond acceptors (Lipinski definition) is 4. The number of nitrogens with one attached hydrogen (secondary N) is 1. The summed E-state index contributed by atoms with van der Waals surface area (Å²) >= 11 is 0. The Morgan fingerprint density at radius 1 is 1.23 bits per heavy atom. The lowest BCUT2D eigenvalue weighted by atomic mass is 10.1. The molecule has 0 aromatic heterocycles. The van der Waals surface area contributed by atoms with Gasteiger partial charge in [-0.25, -0.2) is 4.79 Å². The van der Waals surface area contributed by atoms with Crippen LogP contribution in [0.15, 0.2) is 24.3 Å². The van der Waals surface area contributed by atoms with Crippen molar-refractivity contribution in [3.05, 3.63) is 29.8 Å². The zero-order valence-electron chi connectivity index (χ0n) is 16.3. The van der Waals surface area contributed by atoms with E-state index in [0.29, 0.717) is 12.5 Å². The van der Waals surface area contributed by atoms with E-state index >= 15 is 0 Å². The summed E-state index contributed by atoms with van der Waals surface area (Å²) in [5.41, 5.74) is 0.644. The van der Waals surface area contributed by atoms with Gasteiger partial charge in [0, 0.05) is 18.6 Å². The molecule has 0 heterocycles. The lowest BCUT2D eigenvalue weighted by Gasteiger charge is -2.28. The van der Waals surface area contributed by atoms with Crippen molar-refractivity contribution in [3.63, 3.8) is 0 Å². The molecule has 6 nitrogen and oxygen atoms in total. The van der Waals surface area contributed by atoms with Crippen LogP contribution in [0, 0.1) is 5.92 Å². The lowest BCUT2D eigenvalue weighted by Crippen LogP contribution is -2.48. The van der Waals surface area contributed by atoms with Crippen molar-refractivity contribution in [2.75, 3.05) is 6.54 Å². The maximum absolute atomic E-state index is 12.6. The highest BCUT2D eigenvalue weighted by Gasteiger charge is 2.28. The first kappa shape index (κ1) is 20.6. The maximum Gasteiger partial charge on any atom is 0.318 e. The summed E-state index contributed by atoms with van der Waals surface area (Å²) in [6, 6.07) is 6.79. The monoisotopic (exact) mass is 382 g/mol. The number of nitrogens with zero attached hydrogens (tertiary/aromatic N) is 1. The van der Waals surface area contributed by atoms with Gasteiger partial charge in [-0.05, 0) is 71.1 Å². The van der Waals surface area contributed by atoms with E-state index in [9.17, 15) is 13.2 Å². The molecular weight excluding hydrogens is 352 g/mol. The molecule has 0 radical (unpaired) electrons. The van der Waals surface area contributed by atoms with Crippen LogP contribution in [0.25, 0.3) is 0 Å². The topological polar surface area (TPSA) is 75.7 Å². The smallest absolute Gasteiger partial charge is 0.318 e. The van der Waals surface area contributed by atoms with Crippen LogP contribution in [0.2, 0.25) is 0 Å². The maximum atomic E-state index is 12.6. The molecule has 1 saturated carbocycles. The minimum atomic E-state index is -3.60. The van der Waals surface area contributed by atoms with Gasteiger partial charge in [-0.2, -0.15) is 8.42 Å². The molecule has 2 rings (SSSR count). The average molecular weight is 383 g/mol. The Hall–Kier alpha value is -1.76. The third-order valence-electron chi connectivity index (χ3n) is 4.03. The lowest BCUT2D eigenvalue weighted by molar-refractivity contribution is 0.183. The van der Waals surface area contributed by atoms with E-state index in [1.807, 2.05) is 25.7 Å². The molecule has 1 aromatic rings. The van der Waals surface area contributed by atoms with Crippen LogP contribution in [-0.4, -0.2) is 36.7 Å². The first-order chi connectivity index (χ1) is 12.0. The first-order valence-corrected chi connectivity index (χ1v) is 10.5. The molecule has 0 aliphatic heterocycles. The summed E-state index contributed by atoms with van der Waals surface area (Å²) < 4.78 is 28.7. The highest BCUT2D eigenvalue weighted by molar-refractivity contribution is 7.87. The van der Waals surface area contributed by atoms with E-state index in [2.05, 4.69) is 5.32 Å². The van der Waals surface area contributed by atoms with E-state index in [4.69, 9.17) is 4.18 Å². The fourth-order valence-corrected chi connectivity index (χ4v) is 2.90. The van der Waals surface area contributed by atoms with Crippen molar-refractivity contribution in [3.8, 4) is 5.75 Å². The highest BCUT2D eigenvalue weighted by atomic mass is 32.2. The summed E-state index contributed by atoms with van der Waals surface area (Å²) in [7, 11) is -3.60. The van der Waals surface area contributed by atoms with Crippen molar-refractivity contribution < 1.29 is 17.4 Å². The fourth-order valence-electron chi connectivity index (χ4n) is 2.33. The van der Waals surface area contributed by atoms with E-state index in [0.717, 1.165) is 12.1 Å². The molecule has 0 bridgehead atoms. The standard InChI is InChI=1S/C19H30N2O4S/c1-14(2)26(23,24)25-17-10-8-16(9-11-17)13-21(12-15-6-7-15)18(22)20-19(3,4)5/h8-11,14-15H,6-7,12-13H2,1-5H3,(H,20,22). The van der Waals surface area contributed by atoms with Gasteiger partial charge in [-0.15, -0.1) is 0 Å². The normalized spacial score (nSPS) is 15.0. The van der Waals surface area contributed by atoms with Gasteiger partial charge in [0.15, 0.2) is 0 Å².